The highest BCUT2D eigenvalue weighted by molar-refractivity contribution is 5.75. The van der Waals surface area contributed by atoms with E-state index in [1.807, 2.05) is 0 Å². The Morgan fingerprint density at radius 2 is 2.00 bits per heavy atom. The first kappa shape index (κ1) is 22.2. The summed E-state index contributed by atoms with van der Waals surface area (Å²) in [5.41, 5.74) is 0.535. The SMILES string of the molecule is CC(C)CN1CC[C@@H](N2CCOCC2)[C@@H](CCC(=O)NCc2ccccc2F)C1. The van der Waals surface area contributed by atoms with Crippen LogP contribution in [0.2, 0.25) is 0 Å². The van der Waals surface area contributed by atoms with Gasteiger partial charge in [0.1, 0.15) is 5.82 Å². The third-order valence-corrected chi connectivity index (χ3v) is 6.09. The molecule has 6 heteroatoms. The number of carbonyl (C=O) groups excluding carboxylic acids is 1. The Bertz CT molecular complexity index is 649. The van der Waals surface area contributed by atoms with Gasteiger partial charge in [0, 0.05) is 50.7 Å². The molecular formula is C23H36FN3O2. The lowest BCUT2D eigenvalue weighted by atomic mass is 9.86. The number of rotatable bonds is 8. The topological polar surface area (TPSA) is 44.8 Å². The Labute approximate surface area is 174 Å². The molecule has 1 N–H and O–H groups in total. The first-order valence-corrected chi connectivity index (χ1v) is 11.1. The maximum Gasteiger partial charge on any atom is 0.220 e. The van der Waals surface area contributed by atoms with E-state index in [4.69, 9.17) is 4.74 Å². The minimum Gasteiger partial charge on any atom is -0.379 e. The van der Waals surface area contributed by atoms with Gasteiger partial charge in [0.25, 0.3) is 0 Å². The Morgan fingerprint density at radius 3 is 2.72 bits per heavy atom. The number of morpholine rings is 1. The lowest BCUT2D eigenvalue weighted by Crippen LogP contribution is -2.54. The predicted octanol–water partition coefficient (Wildman–Crippen LogP) is 2.90. The molecule has 3 rings (SSSR count). The fourth-order valence-corrected chi connectivity index (χ4v) is 4.69. The van der Waals surface area contributed by atoms with Crippen LogP contribution in [-0.2, 0) is 16.1 Å². The number of amides is 1. The molecule has 2 saturated heterocycles. The molecule has 162 valence electrons. The third-order valence-electron chi connectivity index (χ3n) is 6.09. The lowest BCUT2D eigenvalue weighted by molar-refractivity contribution is -0.121. The second-order valence-electron chi connectivity index (χ2n) is 8.82. The maximum absolute atomic E-state index is 13.7. The van der Waals surface area contributed by atoms with Crippen LogP contribution in [0.4, 0.5) is 4.39 Å². The van der Waals surface area contributed by atoms with E-state index in [2.05, 4.69) is 29.0 Å². The zero-order chi connectivity index (χ0) is 20.6. The first-order valence-electron chi connectivity index (χ1n) is 11.1. The van der Waals surface area contributed by atoms with Crippen molar-refractivity contribution in [3.63, 3.8) is 0 Å². The van der Waals surface area contributed by atoms with E-state index in [9.17, 15) is 9.18 Å². The van der Waals surface area contributed by atoms with Gasteiger partial charge in [0.15, 0.2) is 0 Å². The molecule has 0 radical (unpaired) electrons. The summed E-state index contributed by atoms with van der Waals surface area (Å²) < 4.78 is 19.3. The van der Waals surface area contributed by atoms with E-state index < -0.39 is 0 Å². The van der Waals surface area contributed by atoms with Crippen molar-refractivity contribution in [3.05, 3.63) is 35.6 Å². The molecule has 0 aromatic heterocycles. The van der Waals surface area contributed by atoms with Crippen LogP contribution in [0, 0.1) is 17.7 Å². The number of likely N-dealkylation sites (tertiary alicyclic amines) is 1. The fraction of sp³-hybridized carbons (Fsp3) is 0.696. The van der Waals surface area contributed by atoms with E-state index in [1.165, 1.54) is 6.07 Å². The summed E-state index contributed by atoms with van der Waals surface area (Å²) in [4.78, 5) is 17.6. The van der Waals surface area contributed by atoms with Crippen LogP contribution in [0.3, 0.4) is 0 Å². The molecule has 1 aromatic rings. The summed E-state index contributed by atoms with van der Waals surface area (Å²) in [6, 6.07) is 7.14. The molecule has 0 unspecified atom stereocenters. The standard InChI is InChI=1S/C23H36FN3O2/c1-18(2)16-26-10-9-22(27-11-13-29-14-12-27)20(17-26)7-8-23(28)25-15-19-5-3-4-6-21(19)24/h3-6,18,20,22H,7-17H2,1-2H3,(H,25,28)/t20-,22+/m0/s1. The molecule has 2 atom stereocenters. The van der Waals surface area contributed by atoms with Gasteiger partial charge in [-0.05, 0) is 37.3 Å². The van der Waals surface area contributed by atoms with E-state index >= 15 is 0 Å². The number of carbonyl (C=O) groups is 1. The molecule has 1 aromatic carbocycles. The van der Waals surface area contributed by atoms with E-state index in [0.29, 0.717) is 29.9 Å². The highest BCUT2D eigenvalue weighted by Crippen LogP contribution is 2.27. The normalized spacial score (nSPS) is 24.0. The molecule has 0 aliphatic carbocycles. The third kappa shape index (κ3) is 6.76. The van der Waals surface area contributed by atoms with Gasteiger partial charge >= 0.3 is 0 Å². The van der Waals surface area contributed by atoms with Gasteiger partial charge in [0.05, 0.1) is 13.2 Å². The Balaban J connectivity index is 1.53. The molecule has 5 nitrogen and oxygen atoms in total. The second-order valence-corrected chi connectivity index (χ2v) is 8.82. The van der Waals surface area contributed by atoms with Crippen LogP contribution in [0.15, 0.2) is 24.3 Å². The van der Waals surface area contributed by atoms with Crippen LogP contribution in [0.25, 0.3) is 0 Å². The molecule has 29 heavy (non-hydrogen) atoms. The van der Waals surface area contributed by atoms with Gasteiger partial charge in [-0.25, -0.2) is 4.39 Å². The zero-order valence-corrected chi connectivity index (χ0v) is 17.9. The zero-order valence-electron chi connectivity index (χ0n) is 17.9. The highest BCUT2D eigenvalue weighted by atomic mass is 19.1. The second kappa shape index (κ2) is 11.0. The summed E-state index contributed by atoms with van der Waals surface area (Å²) in [5, 5.41) is 2.89. The minimum absolute atomic E-state index is 0.00923. The summed E-state index contributed by atoms with van der Waals surface area (Å²) in [6.07, 6.45) is 2.53. The Hall–Kier alpha value is -1.50. The summed E-state index contributed by atoms with van der Waals surface area (Å²) in [6.45, 7) is 11.7. The number of nitrogens with one attached hydrogen (secondary N) is 1. The van der Waals surface area contributed by atoms with Crippen molar-refractivity contribution in [2.45, 2.75) is 45.7 Å². The van der Waals surface area contributed by atoms with Gasteiger partial charge < -0.3 is 15.0 Å². The number of ether oxygens (including phenoxy) is 1. The molecule has 2 aliphatic heterocycles. The van der Waals surface area contributed by atoms with Crippen molar-refractivity contribution < 1.29 is 13.9 Å². The van der Waals surface area contributed by atoms with Crippen molar-refractivity contribution in [2.75, 3.05) is 45.9 Å². The Morgan fingerprint density at radius 1 is 1.24 bits per heavy atom. The number of hydrogen-bond acceptors (Lipinski definition) is 4. The van der Waals surface area contributed by atoms with Gasteiger partial charge in [-0.2, -0.15) is 0 Å². The molecule has 0 bridgehead atoms. The molecule has 2 heterocycles. The van der Waals surface area contributed by atoms with Crippen molar-refractivity contribution in [2.24, 2.45) is 11.8 Å². The minimum atomic E-state index is -0.267. The number of nitrogens with zero attached hydrogens (tertiary/aromatic N) is 2. The maximum atomic E-state index is 13.7. The molecule has 2 fully saturated rings. The van der Waals surface area contributed by atoms with Gasteiger partial charge in [0.2, 0.25) is 5.91 Å². The molecule has 2 aliphatic rings. The monoisotopic (exact) mass is 405 g/mol. The van der Waals surface area contributed by atoms with E-state index in [0.717, 1.165) is 58.8 Å². The summed E-state index contributed by atoms with van der Waals surface area (Å²) in [7, 11) is 0. The largest absolute Gasteiger partial charge is 0.379 e. The van der Waals surface area contributed by atoms with Crippen molar-refractivity contribution >= 4 is 5.91 Å². The average Bonchev–Trinajstić information content (AvgIpc) is 2.72. The smallest absolute Gasteiger partial charge is 0.220 e. The Kier molecular flexibility index (Phi) is 8.45. The van der Waals surface area contributed by atoms with Gasteiger partial charge in [-0.15, -0.1) is 0 Å². The van der Waals surface area contributed by atoms with Gasteiger partial charge in [-0.1, -0.05) is 32.0 Å². The molecule has 1 amide bonds. The molecule has 0 saturated carbocycles. The molecular weight excluding hydrogens is 369 g/mol. The highest BCUT2D eigenvalue weighted by Gasteiger charge is 2.34. The van der Waals surface area contributed by atoms with Crippen molar-refractivity contribution in [1.29, 1.82) is 0 Å². The van der Waals surface area contributed by atoms with Crippen molar-refractivity contribution in [3.8, 4) is 0 Å². The van der Waals surface area contributed by atoms with Crippen LogP contribution in [-0.4, -0.2) is 67.7 Å². The van der Waals surface area contributed by atoms with Crippen LogP contribution in [0.1, 0.15) is 38.7 Å². The van der Waals surface area contributed by atoms with Gasteiger partial charge in [-0.3, -0.25) is 9.69 Å². The van der Waals surface area contributed by atoms with E-state index in [-0.39, 0.29) is 18.3 Å². The number of benzene rings is 1. The number of halogens is 1. The predicted molar refractivity (Wildman–Crippen MR) is 113 cm³/mol. The fourth-order valence-electron chi connectivity index (χ4n) is 4.69. The van der Waals surface area contributed by atoms with Crippen LogP contribution in [0.5, 0.6) is 0 Å². The first-order chi connectivity index (χ1) is 14.0. The number of piperidine rings is 1. The number of hydrogen-bond donors (Lipinski definition) is 1. The van der Waals surface area contributed by atoms with Crippen LogP contribution >= 0.6 is 0 Å². The quantitative estimate of drug-likeness (QED) is 0.722. The lowest BCUT2D eigenvalue weighted by Gasteiger charge is -2.45. The summed E-state index contributed by atoms with van der Waals surface area (Å²) >= 11 is 0. The van der Waals surface area contributed by atoms with Crippen molar-refractivity contribution in [1.82, 2.24) is 15.1 Å². The van der Waals surface area contributed by atoms with E-state index in [1.54, 1.807) is 18.2 Å². The summed E-state index contributed by atoms with van der Waals surface area (Å²) in [5.74, 6) is 0.881. The average molecular weight is 406 g/mol. The molecule has 0 spiro atoms. The van der Waals surface area contributed by atoms with Crippen LogP contribution < -0.4 is 5.32 Å².